The molecule has 0 aliphatic carbocycles. The molecule has 134 valence electrons. The molecule has 2 aromatic heterocycles. The van der Waals surface area contributed by atoms with Gasteiger partial charge in [0.25, 0.3) is 5.91 Å². The Morgan fingerprint density at radius 3 is 2.65 bits per heavy atom. The van der Waals surface area contributed by atoms with Crippen LogP contribution in [-0.2, 0) is 6.42 Å². The van der Waals surface area contributed by atoms with Crippen molar-refractivity contribution < 1.29 is 4.79 Å². The van der Waals surface area contributed by atoms with Crippen molar-refractivity contribution in [3.8, 4) is 10.6 Å². The Hall–Kier alpha value is -1.98. The molecule has 3 heterocycles. The summed E-state index contributed by atoms with van der Waals surface area (Å²) in [5.74, 6) is 0.824. The maximum Gasteiger partial charge on any atom is 0.265 e. The number of rotatable bonds is 4. The van der Waals surface area contributed by atoms with E-state index in [9.17, 15) is 4.79 Å². The van der Waals surface area contributed by atoms with Crippen molar-refractivity contribution in [1.29, 1.82) is 0 Å². The van der Waals surface area contributed by atoms with Gasteiger partial charge in [0.1, 0.15) is 9.88 Å². The quantitative estimate of drug-likeness (QED) is 0.615. The summed E-state index contributed by atoms with van der Waals surface area (Å²) in [6.45, 7) is 3.64. The Labute approximate surface area is 162 Å². The smallest absolute Gasteiger partial charge is 0.265 e. The third-order valence-electron chi connectivity index (χ3n) is 5.03. The number of aryl methyl sites for hydroxylation is 1. The molecular weight excluding hydrogens is 360 g/mol. The Bertz CT molecular complexity index is 863. The van der Waals surface area contributed by atoms with E-state index in [1.54, 1.807) is 11.3 Å². The standard InChI is InChI=1S/C21H22N2OS2/c1-15-19(26-20(22-15)18-9-12-25-14-18)21(24)23-10-7-17(8-11-23)13-16-5-3-2-4-6-16/h2-6,9,12,14,17H,7-8,10-11,13H2,1H3. The first-order valence-electron chi connectivity index (χ1n) is 9.04. The van der Waals surface area contributed by atoms with Gasteiger partial charge in [0.05, 0.1) is 5.69 Å². The van der Waals surface area contributed by atoms with Gasteiger partial charge in [-0.3, -0.25) is 4.79 Å². The summed E-state index contributed by atoms with van der Waals surface area (Å²) in [6, 6.07) is 12.7. The molecule has 26 heavy (non-hydrogen) atoms. The molecule has 1 aliphatic heterocycles. The first-order valence-corrected chi connectivity index (χ1v) is 10.8. The van der Waals surface area contributed by atoms with Crippen LogP contribution in [0, 0.1) is 12.8 Å². The van der Waals surface area contributed by atoms with Crippen LogP contribution in [0.1, 0.15) is 33.8 Å². The molecule has 0 unspecified atom stereocenters. The number of aromatic nitrogens is 1. The minimum Gasteiger partial charge on any atom is -0.338 e. The van der Waals surface area contributed by atoms with E-state index in [4.69, 9.17) is 0 Å². The lowest BCUT2D eigenvalue weighted by Gasteiger charge is -2.32. The third-order valence-corrected chi connectivity index (χ3v) is 6.91. The maximum atomic E-state index is 13.0. The second kappa shape index (κ2) is 7.72. The van der Waals surface area contributed by atoms with Gasteiger partial charge in [-0.05, 0) is 49.1 Å². The zero-order valence-corrected chi connectivity index (χ0v) is 16.5. The number of thiazole rings is 1. The average molecular weight is 383 g/mol. The zero-order chi connectivity index (χ0) is 17.9. The lowest BCUT2D eigenvalue weighted by Crippen LogP contribution is -2.38. The van der Waals surface area contributed by atoms with E-state index in [0.717, 1.165) is 53.5 Å². The summed E-state index contributed by atoms with van der Waals surface area (Å²) in [4.78, 5) is 20.4. The van der Waals surface area contributed by atoms with Crippen LogP contribution in [0.4, 0.5) is 0 Å². The van der Waals surface area contributed by atoms with Crippen LogP contribution in [0.2, 0.25) is 0 Å². The maximum absolute atomic E-state index is 13.0. The molecule has 0 N–H and O–H groups in total. The number of amides is 1. The summed E-state index contributed by atoms with van der Waals surface area (Å²) >= 11 is 3.18. The number of carbonyl (C=O) groups excluding carboxylic acids is 1. The molecule has 3 aromatic rings. The van der Waals surface area contributed by atoms with Crippen LogP contribution >= 0.6 is 22.7 Å². The molecule has 0 atom stereocenters. The van der Waals surface area contributed by atoms with Gasteiger partial charge in [0.15, 0.2) is 0 Å². The first kappa shape index (κ1) is 17.4. The lowest BCUT2D eigenvalue weighted by atomic mass is 9.90. The molecule has 3 nitrogen and oxygen atoms in total. The zero-order valence-electron chi connectivity index (χ0n) is 14.9. The molecule has 5 heteroatoms. The Kier molecular flexibility index (Phi) is 5.18. The molecule has 0 radical (unpaired) electrons. The van der Waals surface area contributed by atoms with E-state index in [1.807, 2.05) is 17.2 Å². The summed E-state index contributed by atoms with van der Waals surface area (Å²) in [7, 11) is 0. The number of hydrogen-bond acceptors (Lipinski definition) is 4. The van der Waals surface area contributed by atoms with E-state index in [1.165, 1.54) is 16.9 Å². The van der Waals surface area contributed by atoms with Crippen molar-refractivity contribution in [2.75, 3.05) is 13.1 Å². The molecule has 1 aliphatic rings. The normalized spacial score (nSPS) is 15.3. The SMILES string of the molecule is Cc1nc(-c2ccsc2)sc1C(=O)N1CCC(Cc2ccccc2)CC1. The number of nitrogens with zero attached hydrogens (tertiary/aromatic N) is 2. The van der Waals surface area contributed by atoms with Gasteiger partial charge in [-0.1, -0.05) is 30.3 Å². The van der Waals surface area contributed by atoms with Crippen LogP contribution in [0.25, 0.3) is 10.6 Å². The van der Waals surface area contributed by atoms with Crippen molar-refractivity contribution in [3.05, 3.63) is 63.3 Å². The predicted octanol–water partition coefficient (Wildman–Crippen LogP) is 5.27. The number of thiophene rings is 1. The summed E-state index contributed by atoms with van der Waals surface area (Å²) in [5, 5.41) is 5.08. The van der Waals surface area contributed by atoms with Crippen LogP contribution in [0.5, 0.6) is 0 Å². The van der Waals surface area contributed by atoms with Crippen LogP contribution in [-0.4, -0.2) is 28.9 Å². The van der Waals surface area contributed by atoms with Gasteiger partial charge in [-0.15, -0.1) is 11.3 Å². The lowest BCUT2D eigenvalue weighted by molar-refractivity contribution is 0.0694. The van der Waals surface area contributed by atoms with Crippen molar-refractivity contribution in [3.63, 3.8) is 0 Å². The van der Waals surface area contributed by atoms with E-state index in [0.29, 0.717) is 5.92 Å². The van der Waals surface area contributed by atoms with E-state index in [-0.39, 0.29) is 5.91 Å². The molecule has 4 rings (SSSR count). The summed E-state index contributed by atoms with van der Waals surface area (Å²) < 4.78 is 0. The predicted molar refractivity (Wildman–Crippen MR) is 109 cm³/mol. The number of likely N-dealkylation sites (tertiary alicyclic amines) is 1. The van der Waals surface area contributed by atoms with Crippen LogP contribution in [0.15, 0.2) is 47.2 Å². The highest BCUT2D eigenvalue weighted by Gasteiger charge is 2.26. The van der Waals surface area contributed by atoms with E-state index in [2.05, 4.69) is 46.8 Å². The van der Waals surface area contributed by atoms with Crippen molar-refractivity contribution in [2.45, 2.75) is 26.2 Å². The van der Waals surface area contributed by atoms with Gasteiger partial charge in [-0.2, -0.15) is 11.3 Å². The Morgan fingerprint density at radius 2 is 1.96 bits per heavy atom. The van der Waals surface area contributed by atoms with Gasteiger partial charge >= 0.3 is 0 Å². The minimum absolute atomic E-state index is 0.152. The number of hydrogen-bond donors (Lipinski definition) is 0. The Morgan fingerprint density at radius 1 is 1.19 bits per heavy atom. The molecule has 1 saturated heterocycles. The van der Waals surface area contributed by atoms with Crippen molar-refractivity contribution in [2.24, 2.45) is 5.92 Å². The fraction of sp³-hybridized carbons (Fsp3) is 0.333. The van der Waals surface area contributed by atoms with Crippen LogP contribution in [0.3, 0.4) is 0 Å². The molecule has 1 aromatic carbocycles. The minimum atomic E-state index is 0.152. The summed E-state index contributed by atoms with van der Waals surface area (Å²) in [5.41, 5.74) is 3.37. The Balaban J connectivity index is 1.39. The molecular formula is C21H22N2OS2. The van der Waals surface area contributed by atoms with E-state index >= 15 is 0 Å². The highest BCUT2D eigenvalue weighted by atomic mass is 32.1. The number of benzene rings is 1. The van der Waals surface area contributed by atoms with E-state index < -0.39 is 0 Å². The van der Waals surface area contributed by atoms with Gasteiger partial charge in [0, 0.05) is 24.0 Å². The largest absolute Gasteiger partial charge is 0.338 e. The fourth-order valence-electron chi connectivity index (χ4n) is 3.54. The first-order chi connectivity index (χ1) is 12.7. The second-order valence-corrected chi connectivity index (χ2v) is 8.65. The van der Waals surface area contributed by atoms with Crippen LogP contribution < -0.4 is 0 Å². The highest BCUT2D eigenvalue weighted by Crippen LogP contribution is 2.31. The molecule has 1 fully saturated rings. The highest BCUT2D eigenvalue weighted by molar-refractivity contribution is 7.17. The topological polar surface area (TPSA) is 33.2 Å². The van der Waals surface area contributed by atoms with Gasteiger partial charge < -0.3 is 4.90 Å². The van der Waals surface area contributed by atoms with Gasteiger partial charge in [-0.25, -0.2) is 4.98 Å². The number of carbonyl (C=O) groups is 1. The molecule has 1 amide bonds. The second-order valence-electron chi connectivity index (χ2n) is 6.87. The van der Waals surface area contributed by atoms with Gasteiger partial charge in [0.2, 0.25) is 0 Å². The number of piperidine rings is 1. The molecule has 0 saturated carbocycles. The fourth-order valence-corrected chi connectivity index (χ4v) is 5.28. The van der Waals surface area contributed by atoms with Crippen molar-refractivity contribution >= 4 is 28.6 Å². The molecule has 0 spiro atoms. The average Bonchev–Trinajstić information content (AvgIpc) is 3.32. The monoisotopic (exact) mass is 382 g/mol. The summed E-state index contributed by atoms with van der Waals surface area (Å²) in [6.07, 6.45) is 3.27. The third kappa shape index (κ3) is 3.74. The molecule has 0 bridgehead atoms. The van der Waals surface area contributed by atoms with Crippen molar-refractivity contribution in [1.82, 2.24) is 9.88 Å².